The second-order valence-electron chi connectivity index (χ2n) is 4.87. The Balaban J connectivity index is 2.20. The highest BCUT2D eigenvalue weighted by molar-refractivity contribution is 9.09. The lowest BCUT2D eigenvalue weighted by atomic mass is 10.0. The molecule has 0 aliphatic carbocycles. The molecule has 0 radical (unpaired) electrons. The molecule has 20 heavy (non-hydrogen) atoms. The zero-order valence-electron chi connectivity index (χ0n) is 12.0. The molecule has 2 aromatic rings. The summed E-state index contributed by atoms with van der Waals surface area (Å²) in [6.07, 6.45) is 0.181. The highest BCUT2D eigenvalue weighted by Gasteiger charge is 2.11. The molecule has 0 aromatic heterocycles. The van der Waals surface area contributed by atoms with Crippen molar-refractivity contribution in [2.75, 3.05) is 7.11 Å². The molecule has 2 nitrogen and oxygen atoms in total. The van der Waals surface area contributed by atoms with Gasteiger partial charge in [-0.3, -0.25) is 0 Å². The summed E-state index contributed by atoms with van der Waals surface area (Å²) >= 11 is 3.74. The van der Waals surface area contributed by atoms with Crippen molar-refractivity contribution >= 4 is 15.9 Å². The van der Waals surface area contributed by atoms with Crippen LogP contribution in [0.4, 0.5) is 0 Å². The summed E-state index contributed by atoms with van der Waals surface area (Å²) in [5.74, 6) is 1.76. The van der Waals surface area contributed by atoms with Crippen LogP contribution in [0.15, 0.2) is 48.5 Å². The Morgan fingerprint density at radius 3 is 2.20 bits per heavy atom. The largest absolute Gasteiger partial charge is 0.497 e. The summed E-state index contributed by atoms with van der Waals surface area (Å²) in [7, 11) is 1.67. The number of ether oxygens (including phenoxy) is 2. The molecule has 0 aliphatic rings. The van der Waals surface area contributed by atoms with Crippen LogP contribution in [0, 0.1) is 0 Å². The molecule has 2 aromatic carbocycles. The van der Waals surface area contributed by atoms with Crippen molar-refractivity contribution in [3.63, 3.8) is 0 Å². The summed E-state index contributed by atoms with van der Waals surface area (Å²) in [4.78, 5) is 0.143. The Kier molecular flexibility index (Phi) is 5.07. The van der Waals surface area contributed by atoms with E-state index in [-0.39, 0.29) is 10.9 Å². The van der Waals surface area contributed by atoms with Crippen molar-refractivity contribution in [2.24, 2.45) is 0 Å². The maximum atomic E-state index is 5.74. The van der Waals surface area contributed by atoms with Gasteiger partial charge in [-0.05, 0) is 49.2 Å². The average Bonchev–Trinajstić information content (AvgIpc) is 2.46. The summed E-state index contributed by atoms with van der Waals surface area (Å²) in [5.41, 5.74) is 2.36. The zero-order valence-corrected chi connectivity index (χ0v) is 13.6. The molecule has 0 heterocycles. The number of methoxy groups -OCH3 is 1. The Morgan fingerprint density at radius 2 is 1.60 bits per heavy atom. The van der Waals surface area contributed by atoms with Crippen LogP contribution < -0.4 is 9.47 Å². The monoisotopic (exact) mass is 334 g/mol. The normalized spacial score (nSPS) is 12.2. The minimum Gasteiger partial charge on any atom is -0.497 e. The van der Waals surface area contributed by atoms with Crippen LogP contribution >= 0.6 is 15.9 Å². The second-order valence-corrected chi connectivity index (χ2v) is 5.79. The van der Waals surface area contributed by atoms with E-state index in [1.54, 1.807) is 7.11 Å². The fourth-order valence-electron chi connectivity index (χ4n) is 1.98. The van der Waals surface area contributed by atoms with Crippen molar-refractivity contribution in [1.29, 1.82) is 0 Å². The van der Waals surface area contributed by atoms with Crippen LogP contribution in [0.3, 0.4) is 0 Å². The van der Waals surface area contributed by atoms with Crippen molar-refractivity contribution in [2.45, 2.75) is 24.8 Å². The van der Waals surface area contributed by atoms with Gasteiger partial charge in [-0.1, -0.05) is 40.2 Å². The van der Waals surface area contributed by atoms with E-state index in [9.17, 15) is 0 Å². The highest BCUT2D eigenvalue weighted by Crippen LogP contribution is 2.33. The van der Waals surface area contributed by atoms with Crippen molar-refractivity contribution in [3.05, 3.63) is 59.7 Å². The van der Waals surface area contributed by atoms with Gasteiger partial charge in [0, 0.05) is 0 Å². The Hall–Kier alpha value is -1.48. The standard InChI is InChI=1S/C17H19BrO2/c1-12(2)20-16-6-4-5-14(11-16)17(18)13-7-9-15(19-3)10-8-13/h4-12,17H,1-3H3. The van der Waals surface area contributed by atoms with Gasteiger partial charge < -0.3 is 9.47 Å². The smallest absolute Gasteiger partial charge is 0.120 e. The molecule has 0 spiro atoms. The highest BCUT2D eigenvalue weighted by atomic mass is 79.9. The van der Waals surface area contributed by atoms with E-state index < -0.39 is 0 Å². The first-order chi connectivity index (χ1) is 9.60. The molecule has 3 heteroatoms. The topological polar surface area (TPSA) is 18.5 Å². The number of halogens is 1. The van der Waals surface area contributed by atoms with Crippen LogP contribution in [0.5, 0.6) is 11.5 Å². The van der Waals surface area contributed by atoms with Crippen molar-refractivity contribution < 1.29 is 9.47 Å². The molecule has 0 N–H and O–H groups in total. The lowest BCUT2D eigenvalue weighted by molar-refractivity contribution is 0.242. The Morgan fingerprint density at radius 1 is 0.900 bits per heavy atom. The van der Waals surface area contributed by atoms with E-state index in [2.05, 4.69) is 40.2 Å². The Labute approximate surface area is 128 Å². The SMILES string of the molecule is COc1ccc(C(Br)c2cccc(OC(C)C)c2)cc1. The second kappa shape index (κ2) is 6.80. The molecule has 1 unspecified atom stereocenters. The molecule has 106 valence electrons. The first-order valence-corrected chi connectivity index (χ1v) is 7.56. The van der Waals surface area contributed by atoms with E-state index in [1.165, 1.54) is 11.1 Å². The van der Waals surface area contributed by atoms with Crippen molar-refractivity contribution in [3.8, 4) is 11.5 Å². The van der Waals surface area contributed by atoms with Gasteiger partial charge in [0.2, 0.25) is 0 Å². The molecule has 2 rings (SSSR count). The predicted octanol–water partition coefficient (Wildman–Crippen LogP) is 4.97. The van der Waals surface area contributed by atoms with Crippen LogP contribution in [0.1, 0.15) is 29.8 Å². The summed E-state index contributed by atoms with van der Waals surface area (Å²) < 4.78 is 10.9. The van der Waals surface area contributed by atoms with Gasteiger partial charge in [-0.15, -0.1) is 0 Å². The number of hydrogen-bond acceptors (Lipinski definition) is 2. The molecule has 1 atom stereocenters. The Bertz CT molecular complexity index is 549. The van der Waals surface area contributed by atoms with E-state index >= 15 is 0 Å². The van der Waals surface area contributed by atoms with Gasteiger partial charge in [-0.2, -0.15) is 0 Å². The quantitative estimate of drug-likeness (QED) is 0.719. The number of hydrogen-bond donors (Lipinski definition) is 0. The molecule has 0 saturated carbocycles. The van der Waals surface area contributed by atoms with Crippen LogP contribution in [0.2, 0.25) is 0 Å². The molecule has 0 fully saturated rings. The fourth-order valence-corrected chi connectivity index (χ4v) is 2.57. The number of alkyl halides is 1. The fraction of sp³-hybridized carbons (Fsp3) is 0.294. The minimum absolute atomic E-state index is 0.143. The first kappa shape index (κ1) is 14.9. The van der Waals surface area contributed by atoms with Crippen LogP contribution in [0.25, 0.3) is 0 Å². The molecule has 0 amide bonds. The van der Waals surface area contributed by atoms with Gasteiger partial charge in [0.1, 0.15) is 11.5 Å². The van der Waals surface area contributed by atoms with Crippen LogP contribution in [-0.2, 0) is 0 Å². The van der Waals surface area contributed by atoms with E-state index in [4.69, 9.17) is 9.47 Å². The van der Waals surface area contributed by atoms with E-state index in [0.29, 0.717) is 0 Å². The zero-order chi connectivity index (χ0) is 14.5. The minimum atomic E-state index is 0.143. The third kappa shape index (κ3) is 3.76. The lowest BCUT2D eigenvalue weighted by Crippen LogP contribution is -2.05. The van der Waals surface area contributed by atoms with Crippen LogP contribution in [-0.4, -0.2) is 13.2 Å². The first-order valence-electron chi connectivity index (χ1n) is 6.65. The molecule has 0 saturated heterocycles. The third-order valence-corrected chi connectivity index (χ3v) is 3.99. The molecular formula is C17H19BrO2. The number of rotatable bonds is 5. The average molecular weight is 335 g/mol. The molecule has 0 aliphatic heterocycles. The van der Waals surface area contributed by atoms with Gasteiger partial charge in [0.25, 0.3) is 0 Å². The van der Waals surface area contributed by atoms with Gasteiger partial charge >= 0.3 is 0 Å². The maximum absolute atomic E-state index is 5.74. The van der Waals surface area contributed by atoms with Gasteiger partial charge in [0.15, 0.2) is 0 Å². The number of benzene rings is 2. The summed E-state index contributed by atoms with van der Waals surface area (Å²) in [6.45, 7) is 4.06. The molecule has 0 bridgehead atoms. The van der Waals surface area contributed by atoms with Gasteiger partial charge in [0.05, 0.1) is 18.0 Å². The third-order valence-electron chi connectivity index (χ3n) is 2.93. The summed E-state index contributed by atoms with van der Waals surface area (Å²) in [5, 5.41) is 0. The predicted molar refractivity (Wildman–Crippen MR) is 86.0 cm³/mol. The summed E-state index contributed by atoms with van der Waals surface area (Å²) in [6, 6.07) is 16.2. The maximum Gasteiger partial charge on any atom is 0.120 e. The van der Waals surface area contributed by atoms with Crippen molar-refractivity contribution in [1.82, 2.24) is 0 Å². The lowest BCUT2D eigenvalue weighted by Gasteiger charge is -2.14. The van der Waals surface area contributed by atoms with E-state index in [0.717, 1.165) is 11.5 Å². The van der Waals surface area contributed by atoms with Gasteiger partial charge in [-0.25, -0.2) is 0 Å². The molecular weight excluding hydrogens is 316 g/mol. The van der Waals surface area contributed by atoms with E-state index in [1.807, 2.05) is 38.1 Å².